The van der Waals surface area contributed by atoms with Gasteiger partial charge in [0.25, 0.3) is 0 Å². The zero-order valence-corrected chi connectivity index (χ0v) is 17.0. The molecule has 1 aliphatic rings. The molecule has 28 heavy (non-hydrogen) atoms. The number of amides is 1. The van der Waals surface area contributed by atoms with Crippen molar-refractivity contribution in [2.45, 2.75) is 37.9 Å². The molecule has 144 valence electrons. The Morgan fingerprint density at radius 3 is 2.68 bits per heavy atom. The lowest BCUT2D eigenvalue weighted by Crippen LogP contribution is -2.21. The third-order valence-corrected chi connectivity index (χ3v) is 6.28. The van der Waals surface area contributed by atoms with Crippen molar-refractivity contribution < 1.29 is 9.53 Å². The van der Waals surface area contributed by atoms with Crippen LogP contribution < -0.4 is 10.1 Å². The van der Waals surface area contributed by atoms with E-state index in [4.69, 9.17) is 4.74 Å². The highest BCUT2D eigenvalue weighted by atomic mass is 32.2. The van der Waals surface area contributed by atoms with E-state index in [0.717, 1.165) is 28.1 Å². The summed E-state index contributed by atoms with van der Waals surface area (Å²) in [6, 6.07) is 16.4. The molecule has 2 N–H and O–H groups in total. The smallest absolute Gasteiger partial charge is 0.238 e. The van der Waals surface area contributed by atoms with Crippen molar-refractivity contribution in [1.29, 1.82) is 0 Å². The van der Waals surface area contributed by atoms with Gasteiger partial charge >= 0.3 is 0 Å². The Balaban J connectivity index is 1.54. The molecule has 0 unspecified atom stereocenters. The fourth-order valence-corrected chi connectivity index (χ4v) is 4.69. The Hall–Kier alpha value is -2.73. The van der Waals surface area contributed by atoms with Crippen LogP contribution in [-0.4, -0.2) is 21.4 Å². The second kappa shape index (κ2) is 7.72. The number of carbonyl (C=O) groups excluding carboxylic acids is 1. The van der Waals surface area contributed by atoms with Gasteiger partial charge < -0.3 is 10.1 Å². The standard InChI is InChI=1S/C22H23N3O2S/c1-13-5-4-6-16(11-13)12-27-18-9-7-17(8-10-18)20-19-14(2)24-25-21(19)23-22(26)15(3)28-20/h4-11,15,20H,12H2,1-3H3,(H2,23,24,25,26)/t15-,20-/m0/s1. The lowest BCUT2D eigenvalue weighted by Gasteiger charge is -2.18. The number of hydrogen-bond donors (Lipinski definition) is 2. The largest absolute Gasteiger partial charge is 0.489 e. The van der Waals surface area contributed by atoms with Crippen molar-refractivity contribution in [3.05, 3.63) is 76.5 Å². The predicted molar refractivity (Wildman–Crippen MR) is 113 cm³/mol. The summed E-state index contributed by atoms with van der Waals surface area (Å²) < 4.78 is 5.94. The van der Waals surface area contributed by atoms with Crippen LogP contribution in [0.15, 0.2) is 48.5 Å². The number of aromatic nitrogens is 2. The summed E-state index contributed by atoms with van der Waals surface area (Å²) in [7, 11) is 0. The van der Waals surface area contributed by atoms with E-state index in [1.54, 1.807) is 11.8 Å². The van der Waals surface area contributed by atoms with Gasteiger partial charge in [0.2, 0.25) is 5.91 Å². The first-order chi connectivity index (χ1) is 13.5. The first kappa shape index (κ1) is 18.6. The molecule has 5 nitrogen and oxygen atoms in total. The molecular formula is C22H23N3O2S. The number of nitrogens with zero attached hydrogens (tertiary/aromatic N) is 1. The highest BCUT2D eigenvalue weighted by molar-refractivity contribution is 8.01. The Morgan fingerprint density at radius 2 is 1.93 bits per heavy atom. The zero-order valence-electron chi connectivity index (χ0n) is 16.2. The van der Waals surface area contributed by atoms with Crippen LogP contribution >= 0.6 is 11.8 Å². The number of anilines is 1. The summed E-state index contributed by atoms with van der Waals surface area (Å²) in [4.78, 5) is 12.3. The second-order valence-electron chi connectivity index (χ2n) is 7.11. The minimum absolute atomic E-state index is 0.0154. The van der Waals surface area contributed by atoms with E-state index in [2.05, 4.69) is 52.8 Å². The molecule has 2 heterocycles. The molecule has 2 atom stereocenters. The fourth-order valence-electron chi connectivity index (χ4n) is 3.36. The molecule has 0 saturated carbocycles. The first-order valence-corrected chi connectivity index (χ1v) is 10.2. The highest BCUT2D eigenvalue weighted by Gasteiger charge is 2.32. The van der Waals surface area contributed by atoms with Crippen LogP contribution in [-0.2, 0) is 11.4 Å². The van der Waals surface area contributed by atoms with E-state index in [-0.39, 0.29) is 16.4 Å². The van der Waals surface area contributed by atoms with Gasteiger partial charge in [-0.3, -0.25) is 9.89 Å². The average Bonchev–Trinajstić information content (AvgIpc) is 2.98. The topological polar surface area (TPSA) is 67.0 Å². The number of fused-ring (bicyclic) bond motifs is 1. The third kappa shape index (κ3) is 3.78. The van der Waals surface area contributed by atoms with E-state index < -0.39 is 0 Å². The predicted octanol–water partition coefficient (Wildman–Crippen LogP) is 4.77. The van der Waals surface area contributed by atoms with Gasteiger partial charge in [0.1, 0.15) is 12.4 Å². The maximum Gasteiger partial charge on any atom is 0.238 e. The van der Waals surface area contributed by atoms with Crippen molar-refractivity contribution >= 4 is 23.5 Å². The number of hydrogen-bond acceptors (Lipinski definition) is 4. The van der Waals surface area contributed by atoms with E-state index >= 15 is 0 Å². The number of rotatable bonds is 4. The van der Waals surface area contributed by atoms with Gasteiger partial charge in [0.05, 0.1) is 10.5 Å². The molecule has 0 saturated heterocycles. The fraction of sp³-hybridized carbons (Fsp3) is 0.273. The lowest BCUT2D eigenvalue weighted by molar-refractivity contribution is -0.115. The number of ether oxygens (including phenoxy) is 1. The zero-order chi connectivity index (χ0) is 19.7. The molecule has 3 aromatic rings. The Kier molecular flexibility index (Phi) is 5.13. The molecule has 4 rings (SSSR count). The molecule has 0 aliphatic carbocycles. The third-order valence-electron chi connectivity index (χ3n) is 4.88. The van der Waals surface area contributed by atoms with Crippen molar-refractivity contribution in [1.82, 2.24) is 10.2 Å². The van der Waals surface area contributed by atoms with Gasteiger partial charge in [-0.25, -0.2) is 0 Å². The number of H-pyrrole nitrogens is 1. The number of thioether (sulfide) groups is 1. The summed E-state index contributed by atoms with van der Waals surface area (Å²) in [5.74, 6) is 1.44. The normalized spacial score (nSPS) is 18.9. The van der Waals surface area contributed by atoms with Crippen LogP contribution in [0.4, 0.5) is 5.82 Å². The van der Waals surface area contributed by atoms with Crippen LogP contribution in [0.2, 0.25) is 0 Å². The minimum atomic E-state index is -0.157. The first-order valence-electron chi connectivity index (χ1n) is 9.31. The molecule has 1 aromatic heterocycles. The van der Waals surface area contributed by atoms with Crippen molar-refractivity contribution in [2.24, 2.45) is 0 Å². The molecule has 0 radical (unpaired) electrons. The summed E-state index contributed by atoms with van der Waals surface area (Å²) in [5.41, 5.74) is 5.52. The van der Waals surface area contributed by atoms with Gasteiger partial charge in [0, 0.05) is 11.3 Å². The minimum Gasteiger partial charge on any atom is -0.489 e. The van der Waals surface area contributed by atoms with Crippen LogP contribution in [0, 0.1) is 13.8 Å². The molecule has 1 aliphatic heterocycles. The lowest BCUT2D eigenvalue weighted by atomic mass is 10.0. The van der Waals surface area contributed by atoms with Crippen LogP contribution in [0.5, 0.6) is 5.75 Å². The van der Waals surface area contributed by atoms with Gasteiger partial charge in [-0.15, -0.1) is 11.8 Å². The van der Waals surface area contributed by atoms with Crippen molar-refractivity contribution in [3.63, 3.8) is 0 Å². The quantitative estimate of drug-likeness (QED) is 0.670. The summed E-state index contributed by atoms with van der Waals surface area (Å²) in [6.07, 6.45) is 0. The summed E-state index contributed by atoms with van der Waals surface area (Å²) in [5, 5.41) is 10.1. The number of nitrogens with one attached hydrogen (secondary N) is 2. The molecule has 6 heteroatoms. The number of benzene rings is 2. The van der Waals surface area contributed by atoms with Crippen molar-refractivity contribution in [2.75, 3.05) is 5.32 Å². The molecule has 0 fully saturated rings. The SMILES string of the molecule is Cc1cccc(COc2ccc([C@@H]3S[C@@H](C)C(=O)Nc4n[nH]c(C)c43)cc2)c1. The van der Waals surface area contributed by atoms with Gasteiger partial charge in [-0.2, -0.15) is 5.10 Å². The Morgan fingerprint density at radius 1 is 1.14 bits per heavy atom. The highest BCUT2D eigenvalue weighted by Crippen LogP contribution is 2.44. The Labute approximate surface area is 168 Å². The van der Waals surface area contributed by atoms with Crippen LogP contribution in [0.25, 0.3) is 0 Å². The van der Waals surface area contributed by atoms with E-state index in [1.807, 2.05) is 32.0 Å². The Bertz CT molecular complexity index is 997. The van der Waals surface area contributed by atoms with Crippen molar-refractivity contribution in [3.8, 4) is 5.75 Å². The molecule has 0 spiro atoms. The van der Waals surface area contributed by atoms with Crippen LogP contribution in [0.3, 0.4) is 0 Å². The van der Waals surface area contributed by atoms with E-state index in [9.17, 15) is 4.79 Å². The summed E-state index contributed by atoms with van der Waals surface area (Å²) in [6.45, 7) is 6.53. The summed E-state index contributed by atoms with van der Waals surface area (Å²) >= 11 is 1.63. The number of carbonyl (C=O) groups is 1. The molecule has 0 bridgehead atoms. The molecular weight excluding hydrogens is 370 g/mol. The molecule has 1 amide bonds. The molecule has 2 aromatic carbocycles. The van der Waals surface area contributed by atoms with Gasteiger partial charge in [-0.05, 0) is 44.0 Å². The van der Waals surface area contributed by atoms with E-state index in [0.29, 0.717) is 12.4 Å². The number of aromatic amines is 1. The van der Waals surface area contributed by atoms with E-state index in [1.165, 1.54) is 5.56 Å². The number of aryl methyl sites for hydroxylation is 2. The monoisotopic (exact) mass is 393 g/mol. The maximum atomic E-state index is 12.3. The van der Waals surface area contributed by atoms with Crippen LogP contribution in [0.1, 0.15) is 40.1 Å². The second-order valence-corrected chi connectivity index (χ2v) is 8.56. The van der Waals surface area contributed by atoms with Gasteiger partial charge in [0.15, 0.2) is 5.82 Å². The van der Waals surface area contributed by atoms with Gasteiger partial charge in [-0.1, -0.05) is 42.0 Å². The average molecular weight is 394 g/mol. The maximum absolute atomic E-state index is 12.3.